The number of halogens is 1. The molecule has 114 valence electrons. The third kappa shape index (κ3) is 4.62. The van der Waals surface area contributed by atoms with E-state index in [9.17, 15) is 0 Å². The summed E-state index contributed by atoms with van der Waals surface area (Å²) in [6, 6.07) is 0. The molecule has 0 atom stereocenters. The second-order valence-corrected chi connectivity index (χ2v) is 6.55. The molecule has 0 amide bonds. The number of nitrogens with one attached hydrogen (secondary N) is 1. The van der Waals surface area contributed by atoms with Gasteiger partial charge in [0, 0.05) is 18.5 Å². The van der Waals surface area contributed by atoms with Crippen LogP contribution >= 0.6 is 11.6 Å². The van der Waals surface area contributed by atoms with Crippen LogP contribution in [0.3, 0.4) is 0 Å². The zero-order valence-corrected chi connectivity index (χ0v) is 14.4. The van der Waals surface area contributed by atoms with Crippen molar-refractivity contribution < 1.29 is 0 Å². The summed E-state index contributed by atoms with van der Waals surface area (Å²) in [5.74, 6) is 3.64. The molecule has 0 unspecified atom stereocenters. The molecule has 0 fully saturated rings. The van der Waals surface area contributed by atoms with Crippen LogP contribution in [0.15, 0.2) is 0 Å². The second-order valence-electron chi connectivity index (χ2n) is 6.19. The van der Waals surface area contributed by atoms with Crippen LogP contribution < -0.4 is 5.32 Å². The van der Waals surface area contributed by atoms with Crippen molar-refractivity contribution in [2.24, 2.45) is 17.8 Å². The van der Waals surface area contributed by atoms with E-state index in [-0.39, 0.29) is 0 Å². The van der Waals surface area contributed by atoms with Gasteiger partial charge >= 0.3 is 0 Å². The van der Waals surface area contributed by atoms with E-state index in [1.807, 2.05) is 6.92 Å². The van der Waals surface area contributed by atoms with E-state index in [4.69, 9.17) is 11.6 Å². The van der Waals surface area contributed by atoms with Gasteiger partial charge in [-0.2, -0.15) is 0 Å². The number of hydrogen-bond acceptors (Lipinski definition) is 3. The fraction of sp³-hybridized carbons (Fsp3) is 0.750. The van der Waals surface area contributed by atoms with Crippen LogP contribution in [-0.2, 0) is 6.42 Å². The molecule has 0 saturated carbocycles. The molecule has 3 nitrogen and oxygen atoms in total. The lowest BCUT2D eigenvalue weighted by atomic mass is 9.85. The van der Waals surface area contributed by atoms with Gasteiger partial charge in [-0.05, 0) is 31.1 Å². The largest absolute Gasteiger partial charge is 0.369 e. The summed E-state index contributed by atoms with van der Waals surface area (Å²) in [7, 11) is 0. The first-order valence-corrected chi connectivity index (χ1v) is 8.01. The lowest BCUT2D eigenvalue weighted by molar-refractivity contribution is 0.304. The molecular weight excluding hydrogens is 270 g/mol. The molecule has 0 saturated heterocycles. The SMILES string of the molecule is CCCc1nc(Cl)c(C)c(NCC(C(C)C)C(C)C)n1. The van der Waals surface area contributed by atoms with Crippen LogP contribution in [0.5, 0.6) is 0 Å². The average Bonchev–Trinajstić information content (AvgIpc) is 2.34. The zero-order valence-electron chi connectivity index (χ0n) is 13.6. The van der Waals surface area contributed by atoms with E-state index in [1.54, 1.807) is 0 Å². The van der Waals surface area contributed by atoms with Gasteiger partial charge in [0.05, 0.1) is 0 Å². The fourth-order valence-electron chi connectivity index (χ4n) is 2.50. The number of anilines is 1. The Balaban J connectivity index is 2.85. The molecule has 0 aromatic carbocycles. The predicted molar refractivity (Wildman–Crippen MR) is 87.4 cm³/mol. The molecule has 0 aliphatic heterocycles. The minimum atomic E-state index is 0.566. The summed E-state index contributed by atoms with van der Waals surface area (Å²) in [5, 5.41) is 4.05. The van der Waals surface area contributed by atoms with Crippen LogP contribution in [0.4, 0.5) is 5.82 Å². The van der Waals surface area contributed by atoms with Crippen LogP contribution in [0.1, 0.15) is 52.4 Å². The van der Waals surface area contributed by atoms with Crippen molar-refractivity contribution in [1.82, 2.24) is 9.97 Å². The molecule has 1 aromatic heterocycles. The van der Waals surface area contributed by atoms with Crippen molar-refractivity contribution >= 4 is 17.4 Å². The third-order valence-electron chi connectivity index (χ3n) is 3.82. The van der Waals surface area contributed by atoms with E-state index in [1.165, 1.54) is 0 Å². The molecular formula is C16H28ClN3. The van der Waals surface area contributed by atoms with E-state index < -0.39 is 0 Å². The van der Waals surface area contributed by atoms with Gasteiger partial charge in [-0.3, -0.25) is 0 Å². The number of aromatic nitrogens is 2. The highest BCUT2D eigenvalue weighted by Crippen LogP contribution is 2.24. The predicted octanol–water partition coefficient (Wildman–Crippen LogP) is 4.73. The lowest BCUT2D eigenvalue weighted by Crippen LogP contribution is -2.25. The van der Waals surface area contributed by atoms with Crippen molar-refractivity contribution in [3.05, 3.63) is 16.5 Å². The highest BCUT2D eigenvalue weighted by Gasteiger charge is 2.18. The summed E-state index contributed by atoms with van der Waals surface area (Å²) >= 11 is 6.20. The van der Waals surface area contributed by atoms with Crippen LogP contribution in [0, 0.1) is 24.7 Å². The Morgan fingerprint density at radius 2 is 1.70 bits per heavy atom. The van der Waals surface area contributed by atoms with E-state index >= 15 is 0 Å². The molecule has 4 heteroatoms. The Kier molecular flexibility index (Phi) is 6.74. The summed E-state index contributed by atoms with van der Waals surface area (Å²) in [6.07, 6.45) is 1.89. The molecule has 0 radical (unpaired) electrons. The quantitative estimate of drug-likeness (QED) is 0.739. The number of nitrogens with zero attached hydrogens (tertiary/aromatic N) is 2. The second kappa shape index (κ2) is 7.82. The lowest BCUT2D eigenvalue weighted by Gasteiger charge is -2.25. The average molecular weight is 298 g/mol. The third-order valence-corrected chi connectivity index (χ3v) is 4.19. The molecule has 1 rings (SSSR count). The van der Waals surface area contributed by atoms with Gasteiger partial charge in [-0.1, -0.05) is 46.2 Å². The first-order valence-electron chi connectivity index (χ1n) is 7.63. The molecule has 0 spiro atoms. The fourth-order valence-corrected chi connectivity index (χ4v) is 2.68. The minimum Gasteiger partial charge on any atom is -0.369 e. The van der Waals surface area contributed by atoms with Gasteiger partial charge in [0.25, 0.3) is 0 Å². The molecule has 0 aliphatic carbocycles. The number of rotatable bonds is 7. The van der Waals surface area contributed by atoms with Crippen LogP contribution in [0.2, 0.25) is 5.15 Å². The Labute approximate surface area is 128 Å². The topological polar surface area (TPSA) is 37.8 Å². The standard InChI is InChI=1S/C16H28ClN3/c1-7-8-14-19-15(17)12(6)16(20-14)18-9-13(10(2)3)11(4)5/h10-11,13H,7-9H2,1-6H3,(H,18,19,20). The highest BCUT2D eigenvalue weighted by atomic mass is 35.5. The summed E-state index contributed by atoms with van der Waals surface area (Å²) in [6.45, 7) is 14.1. The van der Waals surface area contributed by atoms with Crippen molar-refractivity contribution in [3.8, 4) is 0 Å². The maximum absolute atomic E-state index is 6.20. The Bertz CT molecular complexity index is 422. The Hall–Kier alpha value is -0.830. The van der Waals surface area contributed by atoms with E-state index in [0.717, 1.165) is 36.6 Å². The van der Waals surface area contributed by atoms with Crippen LogP contribution in [0.25, 0.3) is 0 Å². The smallest absolute Gasteiger partial charge is 0.137 e. The van der Waals surface area contributed by atoms with Crippen LogP contribution in [-0.4, -0.2) is 16.5 Å². The summed E-state index contributed by atoms with van der Waals surface area (Å²) < 4.78 is 0. The van der Waals surface area contributed by atoms with Crippen molar-refractivity contribution in [3.63, 3.8) is 0 Å². The van der Waals surface area contributed by atoms with Gasteiger partial charge in [0.15, 0.2) is 0 Å². The number of aryl methyl sites for hydroxylation is 1. The molecule has 1 aromatic rings. The molecule has 0 bridgehead atoms. The summed E-state index contributed by atoms with van der Waals surface area (Å²) in [4.78, 5) is 8.94. The molecule has 0 aliphatic rings. The minimum absolute atomic E-state index is 0.566. The summed E-state index contributed by atoms with van der Waals surface area (Å²) in [5.41, 5.74) is 0.942. The maximum atomic E-state index is 6.20. The van der Waals surface area contributed by atoms with Gasteiger partial charge in [-0.15, -0.1) is 0 Å². The monoisotopic (exact) mass is 297 g/mol. The Morgan fingerprint density at radius 3 is 2.20 bits per heavy atom. The Morgan fingerprint density at radius 1 is 1.10 bits per heavy atom. The van der Waals surface area contributed by atoms with E-state index in [0.29, 0.717) is 22.9 Å². The van der Waals surface area contributed by atoms with Gasteiger partial charge < -0.3 is 5.32 Å². The van der Waals surface area contributed by atoms with Crippen molar-refractivity contribution in [2.75, 3.05) is 11.9 Å². The first-order chi connectivity index (χ1) is 9.36. The maximum Gasteiger partial charge on any atom is 0.137 e. The molecule has 1 N–H and O–H groups in total. The van der Waals surface area contributed by atoms with Gasteiger partial charge in [-0.25, -0.2) is 9.97 Å². The number of hydrogen-bond donors (Lipinski definition) is 1. The zero-order chi connectivity index (χ0) is 15.3. The van der Waals surface area contributed by atoms with Crippen molar-refractivity contribution in [2.45, 2.75) is 54.4 Å². The van der Waals surface area contributed by atoms with E-state index in [2.05, 4.69) is 49.9 Å². The molecule has 1 heterocycles. The van der Waals surface area contributed by atoms with Gasteiger partial charge in [0.2, 0.25) is 0 Å². The normalized spacial score (nSPS) is 11.7. The molecule has 20 heavy (non-hydrogen) atoms. The van der Waals surface area contributed by atoms with Crippen molar-refractivity contribution in [1.29, 1.82) is 0 Å². The highest BCUT2D eigenvalue weighted by molar-refractivity contribution is 6.30. The first kappa shape index (κ1) is 17.2. The van der Waals surface area contributed by atoms with Gasteiger partial charge in [0.1, 0.15) is 16.8 Å².